The fraction of sp³-hybridized carbons (Fsp3) is 0.286. The summed E-state index contributed by atoms with van der Waals surface area (Å²) in [5.41, 5.74) is 3.11. The van der Waals surface area contributed by atoms with Gasteiger partial charge in [-0.3, -0.25) is 9.97 Å². The van der Waals surface area contributed by atoms with Gasteiger partial charge in [-0.25, -0.2) is 4.39 Å². The Morgan fingerprint density at radius 2 is 1.83 bits per heavy atom. The van der Waals surface area contributed by atoms with Crippen LogP contribution in [0.4, 0.5) is 4.39 Å². The molecule has 0 aromatic carbocycles. The molecule has 0 saturated heterocycles. The van der Waals surface area contributed by atoms with E-state index in [2.05, 4.69) is 15.3 Å². The van der Waals surface area contributed by atoms with E-state index in [1.807, 2.05) is 19.2 Å². The highest BCUT2D eigenvalue weighted by molar-refractivity contribution is 5.21. The van der Waals surface area contributed by atoms with Crippen molar-refractivity contribution in [3.05, 3.63) is 59.4 Å². The number of aromatic nitrogens is 2. The summed E-state index contributed by atoms with van der Waals surface area (Å²) in [6.45, 7) is 3.38. The van der Waals surface area contributed by atoms with Crippen LogP contribution in [0.25, 0.3) is 0 Å². The van der Waals surface area contributed by atoms with Crippen LogP contribution in [0.15, 0.2) is 36.9 Å². The van der Waals surface area contributed by atoms with E-state index >= 15 is 0 Å². The third-order valence-corrected chi connectivity index (χ3v) is 2.88. The van der Waals surface area contributed by atoms with Crippen molar-refractivity contribution in [2.75, 3.05) is 6.54 Å². The number of nitrogens with one attached hydrogen (secondary N) is 1. The quantitative estimate of drug-likeness (QED) is 0.821. The molecule has 0 aliphatic rings. The lowest BCUT2D eigenvalue weighted by molar-refractivity contribution is 0.582. The second-order valence-electron chi connectivity index (χ2n) is 4.20. The first-order valence-electron chi connectivity index (χ1n) is 5.96. The van der Waals surface area contributed by atoms with Crippen molar-refractivity contribution < 1.29 is 4.39 Å². The second-order valence-corrected chi connectivity index (χ2v) is 4.20. The van der Waals surface area contributed by atoms with Crippen molar-refractivity contribution in [3.8, 4) is 0 Å². The molecule has 2 rings (SSSR count). The van der Waals surface area contributed by atoms with Gasteiger partial charge in [0.05, 0.1) is 6.20 Å². The fourth-order valence-corrected chi connectivity index (χ4v) is 1.78. The molecule has 1 N–H and O–H groups in total. The van der Waals surface area contributed by atoms with Crippen molar-refractivity contribution in [1.82, 2.24) is 15.3 Å². The molecule has 0 saturated carbocycles. The summed E-state index contributed by atoms with van der Waals surface area (Å²) in [6, 6.07) is 3.71. The number of hydrogen-bond acceptors (Lipinski definition) is 3. The van der Waals surface area contributed by atoms with Crippen LogP contribution >= 0.6 is 0 Å². The molecule has 0 spiro atoms. The van der Waals surface area contributed by atoms with Gasteiger partial charge in [0.1, 0.15) is 5.82 Å². The van der Waals surface area contributed by atoms with Gasteiger partial charge in [-0.05, 0) is 43.1 Å². The Bertz CT molecular complexity index is 466. The molecule has 94 valence electrons. The summed E-state index contributed by atoms with van der Waals surface area (Å²) in [7, 11) is 0. The number of hydrogen-bond donors (Lipinski definition) is 1. The molecule has 4 heteroatoms. The molecule has 0 aliphatic heterocycles. The molecule has 18 heavy (non-hydrogen) atoms. The Balaban J connectivity index is 1.80. The van der Waals surface area contributed by atoms with Crippen LogP contribution in [-0.4, -0.2) is 16.5 Å². The number of nitrogens with zero attached hydrogens (tertiary/aromatic N) is 2. The molecule has 0 aliphatic carbocycles. The Morgan fingerprint density at radius 1 is 1.11 bits per heavy atom. The van der Waals surface area contributed by atoms with Gasteiger partial charge in [0.2, 0.25) is 0 Å². The fourth-order valence-electron chi connectivity index (χ4n) is 1.78. The van der Waals surface area contributed by atoms with Crippen LogP contribution in [0, 0.1) is 12.7 Å². The number of halogens is 1. The minimum Gasteiger partial charge on any atom is -0.312 e. The monoisotopic (exact) mass is 245 g/mol. The lowest BCUT2D eigenvalue weighted by atomic mass is 10.1. The largest absolute Gasteiger partial charge is 0.312 e. The second kappa shape index (κ2) is 6.21. The zero-order valence-electron chi connectivity index (χ0n) is 10.4. The van der Waals surface area contributed by atoms with E-state index in [0.29, 0.717) is 12.1 Å². The van der Waals surface area contributed by atoms with Crippen LogP contribution in [-0.2, 0) is 13.0 Å². The lowest BCUT2D eigenvalue weighted by Gasteiger charge is -2.07. The van der Waals surface area contributed by atoms with Crippen molar-refractivity contribution in [2.24, 2.45) is 0 Å². The predicted octanol–water partition coefficient (Wildman–Crippen LogP) is 2.26. The lowest BCUT2D eigenvalue weighted by Crippen LogP contribution is -2.17. The van der Waals surface area contributed by atoms with Crippen molar-refractivity contribution in [3.63, 3.8) is 0 Å². The highest BCUT2D eigenvalue weighted by Crippen LogP contribution is 2.06. The third-order valence-electron chi connectivity index (χ3n) is 2.88. The van der Waals surface area contributed by atoms with Crippen LogP contribution in [0.1, 0.15) is 16.7 Å². The van der Waals surface area contributed by atoms with Crippen molar-refractivity contribution >= 4 is 0 Å². The van der Waals surface area contributed by atoms with Crippen molar-refractivity contribution in [1.29, 1.82) is 0 Å². The van der Waals surface area contributed by atoms with Gasteiger partial charge in [0.15, 0.2) is 0 Å². The average molecular weight is 245 g/mol. The molecular formula is C14H16FN3. The van der Waals surface area contributed by atoms with Gasteiger partial charge in [-0.1, -0.05) is 0 Å². The average Bonchev–Trinajstić information content (AvgIpc) is 2.38. The van der Waals surface area contributed by atoms with Crippen LogP contribution < -0.4 is 5.32 Å². The Hall–Kier alpha value is -1.81. The topological polar surface area (TPSA) is 37.8 Å². The van der Waals surface area contributed by atoms with Gasteiger partial charge < -0.3 is 5.32 Å². The molecule has 2 aromatic rings. The summed E-state index contributed by atoms with van der Waals surface area (Å²) in [6.07, 6.45) is 7.42. The van der Waals surface area contributed by atoms with E-state index in [-0.39, 0.29) is 5.82 Å². The molecule has 0 fully saturated rings. The smallest absolute Gasteiger partial charge is 0.145 e. The minimum absolute atomic E-state index is 0.259. The Morgan fingerprint density at radius 3 is 2.56 bits per heavy atom. The van der Waals surface area contributed by atoms with E-state index in [4.69, 9.17) is 0 Å². The first-order valence-corrected chi connectivity index (χ1v) is 5.96. The molecule has 0 radical (unpaired) electrons. The number of pyridine rings is 2. The number of aryl methyl sites for hydroxylation is 1. The molecule has 3 nitrogen and oxygen atoms in total. The molecule has 0 atom stereocenters. The van der Waals surface area contributed by atoms with Gasteiger partial charge in [-0.2, -0.15) is 0 Å². The Labute approximate surface area is 106 Å². The van der Waals surface area contributed by atoms with Gasteiger partial charge in [-0.15, -0.1) is 0 Å². The third kappa shape index (κ3) is 3.34. The Kier molecular flexibility index (Phi) is 4.36. The van der Waals surface area contributed by atoms with Crippen LogP contribution in [0.5, 0.6) is 0 Å². The van der Waals surface area contributed by atoms with Gasteiger partial charge in [0.25, 0.3) is 0 Å². The zero-order valence-corrected chi connectivity index (χ0v) is 10.4. The zero-order chi connectivity index (χ0) is 12.8. The minimum atomic E-state index is -0.259. The summed E-state index contributed by atoms with van der Waals surface area (Å²) in [5.74, 6) is -0.259. The summed E-state index contributed by atoms with van der Waals surface area (Å²) < 4.78 is 13.3. The van der Waals surface area contributed by atoms with Gasteiger partial charge >= 0.3 is 0 Å². The normalized spacial score (nSPS) is 10.6. The van der Waals surface area contributed by atoms with Crippen LogP contribution in [0.2, 0.25) is 0 Å². The summed E-state index contributed by atoms with van der Waals surface area (Å²) in [5, 5.41) is 3.23. The summed E-state index contributed by atoms with van der Waals surface area (Å²) >= 11 is 0. The molecule has 2 heterocycles. The SMILES string of the molecule is Cc1cnccc1CCNCc1ccncc1F. The maximum absolute atomic E-state index is 13.3. The molecule has 0 amide bonds. The maximum atomic E-state index is 13.3. The van der Waals surface area contributed by atoms with E-state index in [0.717, 1.165) is 13.0 Å². The molecule has 0 unspecified atom stereocenters. The van der Waals surface area contributed by atoms with E-state index in [9.17, 15) is 4.39 Å². The first kappa shape index (κ1) is 12.6. The number of rotatable bonds is 5. The molecule has 0 bridgehead atoms. The van der Waals surface area contributed by atoms with E-state index in [1.54, 1.807) is 18.5 Å². The molecular weight excluding hydrogens is 229 g/mol. The first-order chi connectivity index (χ1) is 8.77. The van der Waals surface area contributed by atoms with Gasteiger partial charge in [0, 0.05) is 30.7 Å². The molecule has 2 aromatic heterocycles. The van der Waals surface area contributed by atoms with Crippen molar-refractivity contribution in [2.45, 2.75) is 19.9 Å². The van der Waals surface area contributed by atoms with E-state index < -0.39 is 0 Å². The predicted molar refractivity (Wildman–Crippen MR) is 68.6 cm³/mol. The maximum Gasteiger partial charge on any atom is 0.145 e. The highest BCUT2D eigenvalue weighted by atomic mass is 19.1. The van der Waals surface area contributed by atoms with Crippen LogP contribution in [0.3, 0.4) is 0 Å². The highest BCUT2D eigenvalue weighted by Gasteiger charge is 2.01. The van der Waals surface area contributed by atoms with E-state index in [1.165, 1.54) is 17.3 Å². The standard InChI is InChI=1S/C14H16FN3/c1-11-8-16-5-2-12(11)3-6-17-9-13-4-7-18-10-14(13)15/h2,4-5,7-8,10,17H,3,6,9H2,1H3. The summed E-state index contributed by atoms with van der Waals surface area (Å²) in [4.78, 5) is 7.78.